The molecule has 122 valence electrons. The van der Waals surface area contributed by atoms with E-state index in [1.807, 2.05) is 37.3 Å². The van der Waals surface area contributed by atoms with Crippen LogP contribution in [0.1, 0.15) is 51.5 Å². The molecule has 0 atom stereocenters. The predicted molar refractivity (Wildman–Crippen MR) is 88.5 cm³/mol. The van der Waals surface area contributed by atoms with Gasteiger partial charge in [0.05, 0.1) is 6.61 Å². The fraction of sp³-hybridized carbons (Fsp3) is 0.444. The molecule has 0 aliphatic rings. The third-order valence-corrected chi connectivity index (χ3v) is 2.77. The van der Waals surface area contributed by atoms with Crippen molar-refractivity contribution in [1.82, 2.24) is 0 Å². The van der Waals surface area contributed by atoms with E-state index in [0.717, 1.165) is 18.1 Å². The summed E-state index contributed by atoms with van der Waals surface area (Å²) in [4.78, 5) is 20.7. The number of carbonyl (C=O) groups excluding carboxylic acids is 1. The van der Waals surface area contributed by atoms with Gasteiger partial charge in [0.25, 0.3) is 0 Å². The van der Waals surface area contributed by atoms with Crippen LogP contribution in [-0.2, 0) is 14.3 Å². The molecule has 0 saturated carbocycles. The number of esters is 1. The first-order valence-corrected chi connectivity index (χ1v) is 7.71. The number of hydrogen-bond acceptors (Lipinski definition) is 3. The van der Waals surface area contributed by atoms with E-state index in [1.54, 1.807) is 6.08 Å². The number of rotatable bonds is 8. The molecule has 1 aromatic carbocycles. The molecule has 1 rings (SSSR count). The molecule has 0 spiro atoms. The van der Waals surface area contributed by atoms with Crippen molar-refractivity contribution in [2.45, 2.75) is 46.0 Å². The van der Waals surface area contributed by atoms with Crippen LogP contribution in [0.15, 0.2) is 36.4 Å². The second-order valence-electron chi connectivity index (χ2n) is 4.72. The Morgan fingerprint density at radius 3 is 2.32 bits per heavy atom. The highest BCUT2D eigenvalue weighted by Gasteiger charge is 1.96. The topological polar surface area (TPSA) is 63.6 Å². The lowest BCUT2D eigenvalue weighted by Crippen LogP contribution is -2.03. The number of carbonyl (C=O) groups is 2. The summed E-state index contributed by atoms with van der Waals surface area (Å²) in [6, 6.07) is 9.31. The maximum Gasteiger partial charge on any atom is 0.328 e. The molecule has 4 heteroatoms. The molecule has 0 saturated heterocycles. The highest BCUT2D eigenvalue weighted by Crippen LogP contribution is 2.00. The third-order valence-electron chi connectivity index (χ3n) is 2.77. The van der Waals surface area contributed by atoms with Gasteiger partial charge in [-0.15, -0.1) is 0 Å². The molecule has 1 N–H and O–H groups in total. The van der Waals surface area contributed by atoms with Gasteiger partial charge in [-0.3, -0.25) is 4.79 Å². The summed E-state index contributed by atoms with van der Waals surface area (Å²) < 4.78 is 4.90. The van der Waals surface area contributed by atoms with Crippen LogP contribution in [0.2, 0.25) is 0 Å². The molecular weight excluding hydrogens is 280 g/mol. The van der Waals surface area contributed by atoms with Gasteiger partial charge in [-0.05, 0) is 18.1 Å². The Morgan fingerprint density at radius 1 is 1.09 bits per heavy atom. The second-order valence-corrected chi connectivity index (χ2v) is 4.72. The number of carboxylic acid groups (broad SMARTS) is 1. The quantitative estimate of drug-likeness (QED) is 0.442. The normalized spacial score (nSPS) is 9.91. The molecule has 0 aliphatic heterocycles. The van der Waals surface area contributed by atoms with E-state index in [-0.39, 0.29) is 5.97 Å². The Balaban J connectivity index is 0.000000401. The Labute approximate surface area is 132 Å². The molecule has 0 unspecified atom stereocenters. The van der Waals surface area contributed by atoms with E-state index < -0.39 is 5.97 Å². The zero-order valence-corrected chi connectivity index (χ0v) is 13.5. The summed E-state index contributed by atoms with van der Waals surface area (Å²) in [5, 5.41) is 8.29. The molecule has 1 aromatic rings. The fourth-order valence-electron chi connectivity index (χ4n) is 1.55. The van der Waals surface area contributed by atoms with Gasteiger partial charge in [-0.2, -0.15) is 0 Å². The van der Waals surface area contributed by atoms with Crippen LogP contribution in [0.3, 0.4) is 0 Å². The lowest BCUT2D eigenvalue weighted by atomic mass is 10.2. The van der Waals surface area contributed by atoms with Gasteiger partial charge in [0.15, 0.2) is 0 Å². The Bertz CT molecular complexity index is 438. The van der Waals surface area contributed by atoms with Crippen molar-refractivity contribution in [3.8, 4) is 0 Å². The standard InChI is InChI=1S/C9H8O2.C9H18O2/c10-9(11)7-6-8-4-2-1-3-5-8;1-3-5-6-7-8-11-9(10)4-2/h1-7H,(H,10,11);3-8H2,1-2H3. The van der Waals surface area contributed by atoms with Crippen molar-refractivity contribution in [3.05, 3.63) is 42.0 Å². The van der Waals surface area contributed by atoms with E-state index in [1.165, 1.54) is 19.3 Å². The lowest BCUT2D eigenvalue weighted by molar-refractivity contribution is -0.143. The van der Waals surface area contributed by atoms with E-state index in [9.17, 15) is 9.59 Å². The number of benzene rings is 1. The lowest BCUT2D eigenvalue weighted by Gasteiger charge is -2.01. The predicted octanol–water partition coefficient (Wildman–Crippen LogP) is 4.30. The van der Waals surface area contributed by atoms with Crippen LogP contribution in [-0.4, -0.2) is 23.7 Å². The fourth-order valence-corrected chi connectivity index (χ4v) is 1.55. The molecule has 0 bridgehead atoms. The first-order valence-electron chi connectivity index (χ1n) is 7.71. The van der Waals surface area contributed by atoms with E-state index in [4.69, 9.17) is 9.84 Å². The number of carboxylic acids is 1. The van der Waals surface area contributed by atoms with Crippen molar-refractivity contribution in [1.29, 1.82) is 0 Å². The molecular formula is C18H26O4. The number of aliphatic carboxylic acids is 1. The molecule has 0 radical (unpaired) electrons. The van der Waals surface area contributed by atoms with Crippen LogP contribution in [0.5, 0.6) is 0 Å². The summed E-state index contributed by atoms with van der Waals surface area (Å²) in [6.45, 7) is 4.58. The summed E-state index contributed by atoms with van der Waals surface area (Å²) in [6.07, 6.45) is 7.82. The van der Waals surface area contributed by atoms with Crippen molar-refractivity contribution < 1.29 is 19.4 Å². The minimum atomic E-state index is -0.922. The summed E-state index contributed by atoms with van der Waals surface area (Å²) in [5.74, 6) is -1.00. The Kier molecular flexibility index (Phi) is 12.5. The van der Waals surface area contributed by atoms with Crippen LogP contribution in [0.25, 0.3) is 6.08 Å². The van der Waals surface area contributed by atoms with Gasteiger partial charge in [-0.25, -0.2) is 4.79 Å². The van der Waals surface area contributed by atoms with Crippen molar-refractivity contribution in [3.63, 3.8) is 0 Å². The number of unbranched alkanes of at least 4 members (excludes halogenated alkanes) is 3. The van der Waals surface area contributed by atoms with Crippen molar-refractivity contribution >= 4 is 18.0 Å². The molecule has 22 heavy (non-hydrogen) atoms. The summed E-state index contributed by atoms with van der Waals surface area (Å²) >= 11 is 0. The third kappa shape index (κ3) is 12.9. The van der Waals surface area contributed by atoms with Gasteiger partial charge in [0.2, 0.25) is 0 Å². The SMILES string of the molecule is CCCCCCOC(=O)CC.O=C(O)C=Cc1ccccc1. The molecule has 4 nitrogen and oxygen atoms in total. The summed E-state index contributed by atoms with van der Waals surface area (Å²) in [7, 11) is 0. The monoisotopic (exact) mass is 306 g/mol. The average Bonchev–Trinajstić information content (AvgIpc) is 2.54. The summed E-state index contributed by atoms with van der Waals surface area (Å²) in [5.41, 5.74) is 0.898. The highest BCUT2D eigenvalue weighted by molar-refractivity contribution is 5.85. The van der Waals surface area contributed by atoms with E-state index in [2.05, 4.69) is 6.92 Å². The maximum atomic E-state index is 10.6. The first-order chi connectivity index (χ1) is 10.6. The van der Waals surface area contributed by atoms with Crippen LogP contribution >= 0.6 is 0 Å². The number of ether oxygens (including phenoxy) is 1. The van der Waals surface area contributed by atoms with Crippen LogP contribution in [0, 0.1) is 0 Å². The minimum absolute atomic E-state index is 0.0819. The Morgan fingerprint density at radius 2 is 1.77 bits per heavy atom. The zero-order valence-electron chi connectivity index (χ0n) is 13.5. The maximum absolute atomic E-state index is 10.6. The van der Waals surface area contributed by atoms with E-state index >= 15 is 0 Å². The van der Waals surface area contributed by atoms with Gasteiger partial charge in [-0.1, -0.05) is 63.4 Å². The van der Waals surface area contributed by atoms with Gasteiger partial charge in [0, 0.05) is 12.5 Å². The molecule has 0 aromatic heterocycles. The van der Waals surface area contributed by atoms with Gasteiger partial charge < -0.3 is 9.84 Å². The molecule has 0 aliphatic carbocycles. The smallest absolute Gasteiger partial charge is 0.328 e. The van der Waals surface area contributed by atoms with Crippen molar-refractivity contribution in [2.75, 3.05) is 6.61 Å². The zero-order chi connectivity index (χ0) is 16.6. The van der Waals surface area contributed by atoms with E-state index in [0.29, 0.717) is 13.0 Å². The highest BCUT2D eigenvalue weighted by atomic mass is 16.5. The van der Waals surface area contributed by atoms with Crippen molar-refractivity contribution in [2.24, 2.45) is 0 Å². The average molecular weight is 306 g/mol. The number of hydrogen-bond donors (Lipinski definition) is 1. The van der Waals surface area contributed by atoms with Crippen LogP contribution in [0.4, 0.5) is 0 Å². The molecule has 0 heterocycles. The largest absolute Gasteiger partial charge is 0.478 e. The second kappa shape index (κ2) is 13.9. The van der Waals surface area contributed by atoms with Gasteiger partial charge in [0.1, 0.15) is 0 Å². The van der Waals surface area contributed by atoms with Gasteiger partial charge >= 0.3 is 11.9 Å². The first kappa shape index (κ1) is 19.9. The molecule has 0 amide bonds. The minimum Gasteiger partial charge on any atom is -0.478 e. The molecule has 0 fully saturated rings. The van der Waals surface area contributed by atoms with Crippen LogP contribution < -0.4 is 0 Å². The Hall–Kier alpha value is -2.10.